The zero-order chi connectivity index (χ0) is 13.4. The molecule has 0 spiro atoms. The summed E-state index contributed by atoms with van der Waals surface area (Å²) in [5, 5.41) is 0. The van der Waals surface area contributed by atoms with E-state index in [0.717, 1.165) is 12.8 Å². The van der Waals surface area contributed by atoms with Crippen LogP contribution >= 0.6 is 0 Å². The molecule has 1 rings (SSSR count). The molecule has 3 nitrogen and oxygen atoms in total. The van der Waals surface area contributed by atoms with Crippen LogP contribution in [-0.2, 0) is 16.4 Å². The fraction of sp³-hybridized carbons (Fsp3) is 0.571. The summed E-state index contributed by atoms with van der Waals surface area (Å²) in [5.74, 6) is 0.196. The Labute approximate surface area is 111 Å². The SMILES string of the molecule is CCCCc1ccc(NS(=O)(=O)CCCC)cc1. The Morgan fingerprint density at radius 2 is 1.61 bits per heavy atom. The average molecular weight is 269 g/mol. The molecule has 1 aromatic carbocycles. The molecule has 0 amide bonds. The zero-order valence-electron chi connectivity index (χ0n) is 11.3. The predicted molar refractivity (Wildman–Crippen MR) is 77.4 cm³/mol. The molecule has 0 bridgehead atoms. The van der Waals surface area contributed by atoms with Crippen molar-refractivity contribution in [2.45, 2.75) is 46.0 Å². The first-order valence-electron chi connectivity index (χ1n) is 6.67. The lowest BCUT2D eigenvalue weighted by molar-refractivity contribution is 0.598. The summed E-state index contributed by atoms with van der Waals surface area (Å²) in [5.41, 5.74) is 1.92. The fourth-order valence-electron chi connectivity index (χ4n) is 1.69. The zero-order valence-corrected chi connectivity index (χ0v) is 12.1. The van der Waals surface area contributed by atoms with Gasteiger partial charge >= 0.3 is 0 Å². The van der Waals surface area contributed by atoms with E-state index in [1.165, 1.54) is 18.4 Å². The van der Waals surface area contributed by atoms with Gasteiger partial charge in [0.1, 0.15) is 0 Å². The molecule has 0 aliphatic rings. The second kappa shape index (κ2) is 7.41. The molecule has 0 aliphatic carbocycles. The molecule has 1 aromatic rings. The maximum absolute atomic E-state index is 11.7. The van der Waals surface area contributed by atoms with E-state index in [-0.39, 0.29) is 5.75 Å². The summed E-state index contributed by atoms with van der Waals surface area (Å²) < 4.78 is 26.0. The van der Waals surface area contributed by atoms with Crippen LogP contribution in [0.15, 0.2) is 24.3 Å². The monoisotopic (exact) mass is 269 g/mol. The van der Waals surface area contributed by atoms with Gasteiger partial charge in [-0.1, -0.05) is 38.8 Å². The molecule has 0 heterocycles. The predicted octanol–water partition coefficient (Wildman–Crippen LogP) is 3.57. The van der Waals surface area contributed by atoms with Crippen LogP contribution in [-0.4, -0.2) is 14.2 Å². The van der Waals surface area contributed by atoms with Gasteiger partial charge in [-0.05, 0) is 37.0 Å². The molecule has 0 saturated heterocycles. The topological polar surface area (TPSA) is 46.2 Å². The molecular weight excluding hydrogens is 246 g/mol. The van der Waals surface area contributed by atoms with Gasteiger partial charge < -0.3 is 0 Å². The normalized spacial score (nSPS) is 11.4. The van der Waals surface area contributed by atoms with Gasteiger partial charge in [0.15, 0.2) is 0 Å². The van der Waals surface area contributed by atoms with E-state index in [4.69, 9.17) is 0 Å². The van der Waals surface area contributed by atoms with Crippen molar-refractivity contribution in [1.82, 2.24) is 0 Å². The van der Waals surface area contributed by atoms with Gasteiger partial charge in [-0.2, -0.15) is 0 Å². The van der Waals surface area contributed by atoms with Crippen LogP contribution in [0.25, 0.3) is 0 Å². The largest absolute Gasteiger partial charge is 0.284 e. The number of rotatable bonds is 8. The summed E-state index contributed by atoms with van der Waals surface area (Å²) in [4.78, 5) is 0. The quantitative estimate of drug-likeness (QED) is 0.784. The molecular formula is C14H23NO2S. The number of nitrogens with one attached hydrogen (secondary N) is 1. The minimum Gasteiger partial charge on any atom is -0.284 e. The highest BCUT2D eigenvalue weighted by Gasteiger charge is 2.08. The Balaban J connectivity index is 2.57. The minimum atomic E-state index is -3.18. The highest BCUT2D eigenvalue weighted by molar-refractivity contribution is 7.92. The number of benzene rings is 1. The molecule has 102 valence electrons. The third-order valence-corrected chi connectivity index (χ3v) is 4.19. The van der Waals surface area contributed by atoms with Gasteiger partial charge in [-0.15, -0.1) is 0 Å². The van der Waals surface area contributed by atoms with Crippen LogP contribution < -0.4 is 4.72 Å². The van der Waals surface area contributed by atoms with Crippen molar-refractivity contribution in [3.8, 4) is 0 Å². The Hall–Kier alpha value is -1.03. The molecule has 0 aromatic heterocycles. The van der Waals surface area contributed by atoms with Gasteiger partial charge in [0, 0.05) is 5.69 Å². The third-order valence-electron chi connectivity index (χ3n) is 2.81. The number of aryl methyl sites for hydroxylation is 1. The van der Waals surface area contributed by atoms with E-state index in [2.05, 4.69) is 11.6 Å². The maximum Gasteiger partial charge on any atom is 0.232 e. The summed E-state index contributed by atoms with van der Waals surface area (Å²) in [6.07, 6.45) is 4.98. The number of sulfonamides is 1. The fourth-order valence-corrected chi connectivity index (χ4v) is 2.95. The number of anilines is 1. The van der Waals surface area contributed by atoms with E-state index in [9.17, 15) is 8.42 Å². The molecule has 18 heavy (non-hydrogen) atoms. The standard InChI is InChI=1S/C14H23NO2S/c1-3-5-7-13-8-10-14(11-9-13)15-18(16,17)12-6-4-2/h8-11,15H,3-7,12H2,1-2H3. The van der Waals surface area contributed by atoms with Crippen LogP contribution in [0.3, 0.4) is 0 Å². The number of hydrogen-bond donors (Lipinski definition) is 1. The first-order chi connectivity index (χ1) is 8.57. The molecule has 0 atom stereocenters. The van der Waals surface area contributed by atoms with Crippen molar-refractivity contribution < 1.29 is 8.42 Å². The Morgan fingerprint density at radius 1 is 1.00 bits per heavy atom. The van der Waals surface area contributed by atoms with Crippen LogP contribution in [0.4, 0.5) is 5.69 Å². The Bertz CT molecular complexity index is 437. The van der Waals surface area contributed by atoms with Crippen molar-refractivity contribution in [2.75, 3.05) is 10.5 Å². The van der Waals surface area contributed by atoms with Gasteiger partial charge in [-0.3, -0.25) is 4.72 Å². The van der Waals surface area contributed by atoms with E-state index in [1.807, 2.05) is 31.2 Å². The van der Waals surface area contributed by atoms with Crippen molar-refractivity contribution in [3.05, 3.63) is 29.8 Å². The third kappa shape index (κ3) is 5.54. The molecule has 0 aliphatic heterocycles. The molecule has 0 radical (unpaired) electrons. The Morgan fingerprint density at radius 3 is 2.17 bits per heavy atom. The van der Waals surface area contributed by atoms with E-state index in [0.29, 0.717) is 12.1 Å². The first-order valence-corrected chi connectivity index (χ1v) is 8.32. The molecule has 0 fully saturated rings. The summed E-state index contributed by atoms with van der Waals surface area (Å²) in [7, 11) is -3.18. The van der Waals surface area contributed by atoms with Crippen LogP contribution in [0, 0.1) is 0 Å². The van der Waals surface area contributed by atoms with E-state index < -0.39 is 10.0 Å². The highest BCUT2D eigenvalue weighted by Crippen LogP contribution is 2.13. The van der Waals surface area contributed by atoms with Crippen LogP contribution in [0.2, 0.25) is 0 Å². The van der Waals surface area contributed by atoms with Crippen molar-refractivity contribution >= 4 is 15.7 Å². The summed E-state index contributed by atoms with van der Waals surface area (Å²) >= 11 is 0. The maximum atomic E-state index is 11.7. The first kappa shape index (κ1) is 15.0. The second-order valence-electron chi connectivity index (χ2n) is 4.57. The molecule has 0 saturated carbocycles. The summed E-state index contributed by atoms with van der Waals surface area (Å²) in [6.45, 7) is 4.15. The molecule has 1 N–H and O–H groups in total. The van der Waals surface area contributed by atoms with Gasteiger partial charge in [0.05, 0.1) is 5.75 Å². The van der Waals surface area contributed by atoms with Crippen LogP contribution in [0.5, 0.6) is 0 Å². The van der Waals surface area contributed by atoms with Gasteiger partial charge in [0.2, 0.25) is 10.0 Å². The lowest BCUT2D eigenvalue weighted by Gasteiger charge is -2.08. The smallest absolute Gasteiger partial charge is 0.232 e. The van der Waals surface area contributed by atoms with Crippen molar-refractivity contribution in [2.24, 2.45) is 0 Å². The van der Waals surface area contributed by atoms with Gasteiger partial charge in [-0.25, -0.2) is 8.42 Å². The van der Waals surface area contributed by atoms with Crippen molar-refractivity contribution in [3.63, 3.8) is 0 Å². The minimum absolute atomic E-state index is 0.196. The second-order valence-corrected chi connectivity index (χ2v) is 6.42. The lowest BCUT2D eigenvalue weighted by atomic mass is 10.1. The molecule has 0 unspecified atom stereocenters. The number of unbranched alkanes of at least 4 members (excludes halogenated alkanes) is 2. The van der Waals surface area contributed by atoms with Gasteiger partial charge in [0.25, 0.3) is 0 Å². The number of hydrogen-bond acceptors (Lipinski definition) is 2. The average Bonchev–Trinajstić information content (AvgIpc) is 2.35. The van der Waals surface area contributed by atoms with Crippen LogP contribution in [0.1, 0.15) is 45.1 Å². The lowest BCUT2D eigenvalue weighted by Crippen LogP contribution is -2.16. The van der Waals surface area contributed by atoms with Crippen molar-refractivity contribution in [1.29, 1.82) is 0 Å². The van der Waals surface area contributed by atoms with E-state index >= 15 is 0 Å². The molecule has 4 heteroatoms. The summed E-state index contributed by atoms with van der Waals surface area (Å²) in [6, 6.07) is 7.67. The highest BCUT2D eigenvalue weighted by atomic mass is 32.2. The van der Waals surface area contributed by atoms with E-state index in [1.54, 1.807) is 0 Å². The Kier molecular flexibility index (Phi) is 6.19.